The van der Waals surface area contributed by atoms with Crippen molar-refractivity contribution in [2.45, 2.75) is 26.9 Å². The van der Waals surface area contributed by atoms with E-state index in [0.717, 1.165) is 17.5 Å². The highest BCUT2D eigenvalue weighted by Gasteiger charge is 2.26. The van der Waals surface area contributed by atoms with Crippen LogP contribution in [0, 0.1) is 17.0 Å². The Morgan fingerprint density at radius 1 is 1.43 bits per heavy atom. The van der Waals surface area contributed by atoms with E-state index in [-0.39, 0.29) is 17.9 Å². The number of rotatable bonds is 5. The van der Waals surface area contributed by atoms with E-state index in [1.54, 1.807) is 24.9 Å². The number of hydrogen-bond donors (Lipinski definition) is 1. The van der Waals surface area contributed by atoms with Crippen molar-refractivity contribution in [1.29, 1.82) is 0 Å². The summed E-state index contributed by atoms with van der Waals surface area (Å²) in [6, 6.07) is 0. The maximum atomic E-state index is 12.2. The smallest absolute Gasteiger partial charge is 0.320 e. The highest BCUT2D eigenvalue weighted by molar-refractivity contribution is 5.96. The van der Waals surface area contributed by atoms with Crippen LogP contribution in [0.5, 0.6) is 0 Å². The molecule has 0 aliphatic carbocycles. The molecule has 0 unspecified atom stereocenters. The van der Waals surface area contributed by atoms with Crippen molar-refractivity contribution in [3.63, 3.8) is 0 Å². The second-order valence-corrected chi connectivity index (χ2v) is 4.51. The van der Waals surface area contributed by atoms with Crippen LogP contribution in [0.1, 0.15) is 28.7 Å². The van der Waals surface area contributed by atoms with Gasteiger partial charge in [0.2, 0.25) is 5.69 Å². The van der Waals surface area contributed by atoms with Crippen molar-refractivity contribution in [1.82, 2.24) is 24.9 Å². The zero-order valence-electron chi connectivity index (χ0n) is 12.0. The van der Waals surface area contributed by atoms with E-state index in [2.05, 4.69) is 15.5 Å². The molecule has 9 nitrogen and oxygen atoms in total. The first-order valence-electron chi connectivity index (χ1n) is 6.41. The summed E-state index contributed by atoms with van der Waals surface area (Å²) in [7, 11) is 1.80. The fraction of sp³-hybridized carbons (Fsp3) is 0.417. The highest BCUT2D eigenvalue weighted by Crippen LogP contribution is 2.17. The van der Waals surface area contributed by atoms with Gasteiger partial charge >= 0.3 is 5.69 Å². The van der Waals surface area contributed by atoms with Gasteiger partial charge in [0.1, 0.15) is 6.20 Å². The largest absolute Gasteiger partial charge is 0.346 e. The molecular weight excluding hydrogens is 276 g/mol. The molecule has 2 rings (SSSR count). The van der Waals surface area contributed by atoms with Gasteiger partial charge in [0.15, 0.2) is 0 Å². The summed E-state index contributed by atoms with van der Waals surface area (Å²) in [6.45, 7) is 4.28. The number of hydrogen-bond acceptors (Lipinski definition) is 5. The third kappa shape index (κ3) is 2.76. The number of nitrogens with one attached hydrogen (secondary N) is 1. The molecule has 0 spiro atoms. The summed E-state index contributed by atoms with van der Waals surface area (Å²) in [5, 5.41) is 21.5. The summed E-state index contributed by atoms with van der Waals surface area (Å²) in [4.78, 5) is 22.5. The number of carbonyl (C=O) groups excluding carboxylic acids is 1. The predicted molar refractivity (Wildman–Crippen MR) is 73.7 cm³/mol. The molecule has 0 fully saturated rings. The SMILES string of the molecule is CCn1ncc([N+](=O)[O-])c1C(=O)NCc1cnn(C)c1C. The minimum Gasteiger partial charge on any atom is -0.346 e. The zero-order valence-corrected chi connectivity index (χ0v) is 12.0. The Balaban J connectivity index is 2.19. The van der Waals surface area contributed by atoms with E-state index < -0.39 is 10.8 Å². The number of nitrogens with zero attached hydrogens (tertiary/aromatic N) is 5. The van der Waals surface area contributed by atoms with E-state index in [0.29, 0.717) is 6.54 Å². The van der Waals surface area contributed by atoms with E-state index in [4.69, 9.17) is 0 Å². The summed E-state index contributed by atoms with van der Waals surface area (Å²) < 4.78 is 3.00. The summed E-state index contributed by atoms with van der Waals surface area (Å²) in [5.41, 5.74) is 1.45. The van der Waals surface area contributed by atoms with Gasteiger partial charge in [-0.3, -0.25) is 24.3 Å². The van der Waals surface area contributed by atoms with Crippen molar-refractivity contribution in [2.24, 2.45) is 7.05 Å². The first-order valence-corrected chi connectivity index (χ1v) is 6.41. The van der Waals surface area contributed by atoms with Crippen LogP contribution >= 0.6 is 0 Å². The molecule has 1 N–H and O–H groups in total. The Hall–Kier alpha value is -2.71. The Kier molecular flexibility index (Phi) is 4.01. The van der Waals surface area contributed by atoms with Crippen LogP contribution in [0.25, 0.3) is 0 Å². The maximum absolute atomic E-state index is 12.2. The highest BCUT2D eigenvalue weighted by atomic mass is 16.6. The lowest BCUT2D eigenvalue weighted by atomic mass is 10.2. The fourth-order valence-corrected chi connectivity index (χ4v) is 1.96. The van der Waals surface area contributed by atoms with Crippen LogP contribution < -0.4 is 5.32 Å². The molecule has 0 aliphatic rings. The molecule has 9 heteroatoms. The molecule has 0 saturated heterocycles. The Bertz CT molecular complexity index is 687. The van der Waals surface area contributed by atoms with Crippen molar-refractivity contribution in [3.8, 4) is 0 Å². The number of nitro groups is 1. The maximum Gasteiger partial charge on any atom is 0.320 e. The summed E-state index contributed by atoms with van der Waals surface area (Å²) in [5.74, 6) is -0.524. The lowest BCUT2D eigenvalue weighted by Gasteiger charge is -2.06. The average Bonchev–Trinajstić information content (AvgIpc) is 3.02. The molecular formula is C12H16N6O3. The van der Waals surface area contributed by atoms with Crippen molar-refractivity contribution in [2.75, 3.05) is 0 Å². The van der Waals surface area contributed by atoms with E-state index in [9.17, 15) is 14.9 Å². The predicted octanol–water partition coefficient (Wildman–Crippen LogP) is 0.783. The molecule has 2 aromatic heterocycles. The third-order valence-corrected chi connectivity index (χ3v) is 3.31. The first-order chi connectivity index (χ1) is 9.95. The van der Waals surface area contributed by atoms with Gasteiger partial charge in [0.05, 0.1) is 11.1 Å². The lowest BCUT2D eigenvalue weighted by Crippen LogP contribution is -2.26. The Morgan fingerprint density at radius 2 is 2.14 bits per heavy atom. The number of aryl methyl sites for hydroxylation is 2. The van der Waals surface area contributed by atoms with Crippen molar-refractivity contribution in [3.05, 3.63) is 39.5 Å². The second kappa shape index (κ2) is 5.73. The standard InChI is InChI=1S/C12H16N6O3/c1-4-17-11(10(7-15-17)18(20)21)12(19)13-5-9-6-14-16(3)8(9)2/h6-7H,4-5H2,1-3H3,(H,13,19). The van der Waals surface area contributed by atoms with Gasteiger partial charge in [0.25, 0.3) is 5.91 Å². The number of aromatic nitrogens is 4. The summed E-state index contributed by atoms with van der Waals surface area (Å²) >= 11 is 0. The molecule has 0 aromatic carbocycles. The van der Waals surface area contributed by atoms with E-state index >= 15 is 0 Å². The monoisotopic (exact) mass is 292 g/mol. The molecule has 21 heavy (non-hydrogen) atoms. The zero-order chi connectivity index (χ0) is 15.6. The van der Waals surface area contributed by atoms with Gasteiger partial charge in [0, 0.05) is 31.4 Å². The van der Waals surface area contributed by atoms with Crippen molar-refractivity contribution >= 4 is 11.6 Å². The summed E-state index contributed by atoms with van der Waals surface area (Å²) in [6.07, 6.45) is 2.74. The fourth-order valence-electron chi connectivity index (χ4n) is 1.96. The quantitative estimate of drug-likeness (QED) is 0.647. The Labute approximate surface area is 120 Å². The topological polar surface area (TPSA) is 108 Å². The van der Waals surface area contributed by atoms with Crippen LogP contribution in [0.15, 0.2) is 12.4 Å². The minimum absolute atomic E-state index is 0.0379. The Morgan fingerprint density at radius 3 is 2.67 bits per heavy atom. The minimum atomic E-state index is -0.608. The molecule has 0 atom stereocenters. The molecule has 2 aromatic rings. The number of amides is 1. The van der Waals surface area contributed by atoms with Gasteiger partial charge < -0.3 is 5.32 Å². The second-order valence-electron chi connectivity index (χ2n) is 4.51. The van der Waals surface area contributed by atoms with E-state index in [1.165, 1.54) is 4.68 Å². The molecule has 112 valence electrons. The normalized spacial score (nSPS) is 10.6. The first kappa shape index (κ1) is 14.7. The van der Waals surface area contributed by atoms with Gasteiger partial charge in [-0.05, 0) is 13.8 Å². The number of carbonyl (C=O) groups is 1. The molecule has 0 radical (unpaired) electrons. The lowest BCUT2D eigenvalue weighted by molar-refractivity contribution is -0.385. The molecule has 2 heterocycles. The van der Waals surface area contributed by atoms with Gasteiger partial charge in [-0.25, -0.2) is 0 Å². The molecule has 0 aliphatic heterocycles. The van der Waals surface area contributed by atoms with Gasteiger partial charge in [-0.2, -0.15) is 10.2 Å². The van der Waals surface area contributed by atoms with Crippen LogP contribution in [-0.4, -0.2) is 30.4 Å². The molecule has 1 amide bonds. The van der Waals surface area contributed by atoms with Gasteiger partial charge in [-0.15, -0.1) is 0 Å². The molecule has 0 saturated carbocycles. The van der Waals surface area contributed by atoms with Gasteiger partial charge in [-0.1, -0.05) is 0 Å². The average molecular weight is 292 g/mol. The van der Waals surface area contributed by atoms with Crippen LogP contribution in [0.3, 0.4) is 0 Å². The van der Waals surface area contributed by atoms with E-state index in [1.807, 2.05) is 6.92 Å². The third-order valence-electron chi connectivity index (χ3n) is 3.31. The van der Waals surface area contributed by atoms with Crippen LogP contribution in [0.2, 0.25) is 0 Å². The van der Waals surface area contributed by atoms with Crippen molar-refractivity contribution < 1.29 is 9.72 Å². The molecule has 0 bridgehead atoms. The van der Waals surface area contributed by atoms with Crippen LogP contribution in [-0.2, 0) is 20.1 Å². The van der Waals surface area contributed by atoms with Crippen LogP contribution in [0.4, 0.5) is 5.69 Å².